The summed E-state index contributed by atoms with van der Waals surface area (Å²) < 4.78 is 68.3. The zero-order valence-electron chi connectivity index (χ0n) is 16.4. The average molecular weight is 490 g/mol. The Balaban J connectivity index is 2.04. The molecular weight excluding hydrogens is 478 g/mol. The molecule has 174 valence electrons. The van der Waals surface area contributed by atoms with Crippen LogP contribution in [0.1, 0.15) is 5.69 Å². The van der Waals surface area contributed by atoms with Crippen LogP contribution in [0.15, 0.2) is 46.1 Å². The maximum Gasteiger partial charge on any atom is 0.431 e. The lowest BCUT2D eigenvalue weighted by atomic mass is 10.2. The van der Waals surface area contributed by atoms with Crippen molar-refractivity contribution in [2.75, 3.05) is 13.7 Å². The van der Waals surface area contributed by atoms with E-state index in [1.54, 1.807) is 0 Å². The van der Waals surface area contributed by atoms with Crippen molar-refractivity contribution in [3.05, 3.63) is 73.9 Å². The maximum absolute atomic E-state index is 14.5. The van der Waals surface area contributed by atoms with Crippen LogP contribution in [0.2, 0.25) is 5.02 Å². The van der Waals surface area contributed by atoms with Crippen LogP contribution in [0, 0.1) is 5.82 Å². The molecule has 2 aromatic heterocycles. The molecule has 0 saturated heterocycles. The molecule has 0 spiro atoms. The van der Waals surface area contributed by atoms with Crippen LogP contribution >= 0.6 is 11.6 Å². The maximum atomic E-state index is 14.5. The number of alkyl halides is 3. The SMILES string of the molecule is COC(=O)COc1ncccc1Oc1cc(-n2c(=O)cc(C(F)(F)F)[nH]c2=O)c(F)cc1Cl. The number of ether oxygens (including phenoxy) is 3. The Kier molecular flexibility index (Phi) is 6.72. The molecule has 0 aliphatic carbocycles. The smallest absolute Gasteiger partial charge is 0.431 e. The average Bonchev–Trinajstić information content (AvgIpc) is 2.74. The molecule has 0 fully saturated rings. The number of benzene rings is 1. The fraction of sp³-hybridized carbons (Fsp3) is 0.158. The minimum atomic E-state index is -4.99. The van der Waals surface area contributed by atoms with E-state index in [-0.39, 0.29) is 33.0 Å². The van der Waals surface area contributed by atoms with Crippen molar-refractivity contribution < 1.29 is 36.6 Å². The molecule has 3 rings (SSSR count). The molecule has 0 aliphatic heterocycles. The highest BCUT2D eigenvalue weighted by atomic mass is 35.5. The lowest BCUT2D eigenvalue weighted by molar-refractivity contribution is -0.143. The van der Waals surface area contributed by atoms with Crippen molar-refractivity contribution in [1.29, 1.82) is 0 Å². The number of nitrogens with one attached hydrogen (secondary N) is 1. The number of H-pyrrole nitrogens is 1. The molecule has 0 atom stereocenters. The predicted molar refractivity (Wildman–Crippen MR) is 104 cm³/mol. The van der Waals surface area contributed by atoms with E-state index in [1.807, 2.05) is 0 Å². The van der Waals surface area contributed by atoms with Crippen molar-refractivity contribution in [3.8, 4) is 23.1 Å². The predicted octanol–water partition coefficient (Wildman–Crippen LogP) is 3.08. The van der Waals surface area contributed by atoms with Crippen LogP contribution < -0.4 is 20.7 Å². The van der Waals surface area contributed by atoms with Crippen molar-refractivity contribution in [2.24, 2.45) is 0 Å². The minimum absolute atomic E-state index is 0.0884. The summed E-state index contributed by atoms with van der Waals surface area (Å²) in [6.07, 6.45) is -3.68. The van der Waals surface area contributed by atoms with Gasteiger partial charge < -0.3 is 19.2 Å². The first-order chi connectivity index (χ1) is 15.5. The molecule has 2 heterocycles. The van der Waals surface area contributed by atoms with Gasteiger partial charge in [0.25, 0.3) is 11.4 Å². The topological polar surface area (TPSA) is 113 Å². The highest BCUT2D eigenvalue weighted by Crippen LogP contribution is 2.36. The van der Waals surface area contributed by atoms with E-state index in [9.17, 15) is 31.9 Å². The number of nitrogens with zero attached hydrogens (tertiary/aromatic N) is 2. The summed E-state index contributed by atoms with van der Waals surface area (Å²) in [4.78, 5) is 41.0. The number of halogens is 5. The Hall–Kier alpha value is -3.87. The first-order valence-electron chi connectivity index (χ1n) is 8.76. The van der Waals surface area contributed by atoms with Gasteiger partial charge >= 0.3 is 17.8 Å². The fourth-order valence-electron chi connectivity index (χ4n) is 2.51. The lowest BCUT2D eigenvalue weighted by Crippen LogP contribution is -2.36. The Morgan fingerprint density at radius 1 is 1.21 bits per heavy atom. The zero-order chi connectivity index (χ0) is 24.3. The molecule has 0 saturated carbocycles. The Morgan fingerprint density at radius 2 is 1.94 bits per heavy atom. The number of pyridine rings is 1. The number of methoxy groups -OCH3 is 1. The molecule has 0 amide bonds. The largest absolute Gasteiger partial charge is 0.466 e. The van der Waals surface area contributed by atoms with Gasteiger partial charge in [-0.15, -0.1) is 0 Å². The summed E-state index contributed by atoms with van der Waals surface area (Å²) in [5, 5.41) is -0.310. The van der Waals surface area contributed by atoms with Crippen molar-refractivity contribution in [1.82, 2.24) is 14.5 Å². The lowest BCUT2D eigenvalue weighted by Gasteiger charge is -2.14. The molecule has 3 aromatic rings. The van der Waals surface area contributed by atoms with E-state index in [0.29, 0.717) is 6.07 Å². The Morgan fingerprint density at radius 3 is 2.58 bits per heavy atom. The van der Waals surface area contributed by atoms with Gasteiger partial charge in [-0.25, -0.2) is 23.5 Å². The molecule has 14 heteroatoms. The van der Waals surface area contributed by atoms with E-state index >= 15 is 0 Å². The molecular formula is C19H12ClF4N3O6. The first kappa shape index (κ1) is 23.8. The van der Waals surface area contributed by atoms with Gasteiger partial charge in [-0.3, -0.25) is 4.79 Å². The standard InChI is InChI=1S/C19H12ClF4N3O6/c1-31-16(29)8-32-17-12(3-2-4-25-17)33-13-6-11(10(21)5-9(13)20)27-15(28)7-14(19(22,23)24)26-18(27)30/h2-7H,8H2,1H3,(H,26,30). The zero-order valence-corrected chi connectivity index (χ0v) is 17.2. The van der Waals surface area contributed by atoms with Gasteiger partial charge in [0, 0.05) is 18.3 Å². The van der Waals surface area contributed by atoms with Gasteiger partial charge in [0.15, 0.2) is 12.4 Å². The van der Waals surface area contributed by atoms with E-state index in [2.05, 4.69) is 9.72 Å². The summed E-state index contributed by atoms with van der Waals surface area (Å²) in [6, 6.07) is 4.43. The van der Waals surface area contributed by atoms with Crippen molar-refractivity contribution in [2.45, 2.75) is 6.18 Å². The number of rotatable bonds is 6. The van der Waals surface area contributed by atoms with E-state index in [4.69, 9.17) is 21.1 Å². The van der Waals surface area contributed by atoms with Crippen molar-refractivity contribution in [3.63, 3.8) is 0 Å². The fourth-order valence-corrected chi connectivity index (χ4v) is 2.70. The summed E-state index contributed by atoms with van der Waals surface area (Å²) in [6.45, 7) is -0.511. The van der Waals surface area contributed by atoms with Crippen LogP contribution in [0.5, 0.6) is 17.4 Å². The summed E-state index contributed by atoms with van der Waals surface area (Å²) in [5.41, 5.74) is -5.30. The first-order valence-corrected chi connectivity index (χ1v) is 9.14. The van der Waals surface area contributed by atoms with Crippen LogP contribution in [-0.2, 0) is 15.7 Å². The molecule has 1 aromatic carbocycles. The number of esters is 1. The van der Waals surface area contributed by atoms with Gasteiger partial charge in [-0.2, -0.15) is 13.2 Å². The van der Waals surface area contributed by atoms with Gasteiger partial charge in [0.1, 0.15) is 17.3 Å². The third kappa shape index (κ3) is 5.31. The summed E-state index contributed by atoms with van der Waals surface area (Å²) >= 11 is 5.98. The number of aromatic nitrogens is 3. The third-order valence-corrected chi connectivity index (χ3v) is 4.29. The third-order valence-electron chi connectivity index (χ3n) is 3.99. The normalized spacial score (nSPS) is 11.2. The monoisotopic (exact) mass is 489 g/mol. The van der Waals surface area contributed by atoms with Gasteiger partial charge in [0.05, 0.1) is 17.8 Å². The molecule has 0 radical (unpaired) electrons. The van der Waals surface area contributed by atoms with Crippen molar-refractivity contribution >= 4 is 17.6 Å². The van der Waals surface area contributed by atoms with Crippen LogP contribution in [0.25, 0.3) is 5.69 Å². The van der Waals surface area contributed by atoms with Gasteiger partial charge in [-0.1, -0.05) is 11.6 Å². The second kappa shape index (κ2) is 9.32. The van der Waals surface area contributed by atoms with Gasteiger partial charge in [-0.05, 0) is 18.2 Å². The minimum Gasteiger partial charge on any atom is -0.466 e. The summed E-state index contributed by atoms with van der Waals surface area (Å²) in [7, 11) is 1.15. The Labute approximate surface area is 186 Å². The molecule has 0 unspecified atom stereocenters. The quantitative estimate of drug-likeness (QED) is 0.418. The molecule has 9 nitrogen and oxygen atoms in total. The second-order valence-electron chi connectivity index (χ2n) is 6.17. The van der Waals surface area contributed by atoms with Crippen LogP contribution in [0.3, 0.4) is 0 Å². The number of carbonyl (C=O) groups is 1. The van der Waals surface area contributed by atoms with Crippen LogP contribution in [-0.4, -0.2) is 34.2 Å². The number of hydrogen-bond acceptors (Lipinski definition) is 7. The molecule has 33 heavy (non-hydrogen) atoms. The highest BCUT2D eigenvalue weighted by molar-refractivity contribution is 6.32. The van der Waals surface area contributed by atoms with E-state index < -0.39 is 47.2 Å². The van der Waals surface area contributed by atoms with E-state index in [0.717, 1.165) is 13.2 Å². The Bertz CT molecular complexity index is 1290. The molecule has 0 aliphatic rings. The summed E-state index contributed by atoms with van der Waals surface area (Å²) in [5.74, 6) is -2.46. The van der Waals surface area contributed by atoms with Crippen LogP contribution in [0.4, 0.5) is 17.6 Å². The number of carbonyl (C=O) groups excluding carboxylic acids is 1. The molecule has 1 N–H and O–H groups in total. The second-order valence-corrected chi connectivity index (χ2v) is 6.57. The van der Waals surface area contributed by atoms with Gasteiger partial charge in [0.2, 0.25) is 0 Å². The molecule has 0 bridgehead atoms. The number of hydrogen-bond donors (Lipinski definition) is 1. The highest BCUT2D eigenvalue weighted by Gasteiger charge is 2.33. The van der Waals surface area contributed by atoms with E-state index in [1.165, 1.54) is 23.3 Å². The number of aromatic amines is 1.